The SMILES string of the molecule is CC(CCC(=O)NCCn1cnc(C(=O)O)c1)NC(=O)OCC1c2ccccc2-c2ccccc21. The molecule has 1 atom stereocenters. The first-order valence-electron chi connectivity index (χ1n) is 11.6. The number of carbonyl (C=O) groups is 3. The first-order chi connectivity index (χ1) is 16.9. The molecule has 9 nitrogen and oxygen atoms in total. The maximum atomic E-state index is 12.4. The van der Waals surface area contributed by atoms with Gasteiger partial charge in [-0.3, -0.25) is 4.79 Å². The number of imidazole rings is 1. The van der Waals surface area contributed by atoms with Gasteiger partial charge in [-0.2, -0.15) is 0 Å². The summed E-state index contributed by atoms with van der Waals surface area (Å²) in [5.41, 5.74) is 4.62. The van der Waals surface area contributed by atoms with Gasteiger partial charge in [-0.1, -0.05) is 48.5 Å². The molecule has 0 aliphatic heterocycles. The van der Waals surface area contributed by atoms with Crippen molar-refractivity contribution in [2.45, 2.75) is 38.3 Å². The van der Waals surface area contributed by atoms with E-state index >= 15 is 0 Å². The van der Waals surface area contributed by atoms with Crippen LogP contribution in [0.3, 0.4) is 0 Å². The van der Waals surface area contributed by atoms with Gasteiger partial charge < -0.3 is 25.0 Å². The van der Waals surface area contributed by atoms with E-state index in [9.17, 15) is 14.4 Å². The normalized spacial score (nSPS) is 12.9. The Morgan fingerprint density at radius 3 is 2.37 bits per heavy atom. The molecule has 1 aliphatic rings. The molecule has 3 N–H and O–H groups in total. The number of fused-ring (bicyclic) bond motifs is 3. The molecule has 182 valence electrons. The zero-order chi connectivity index (χ0) is 24.8. The Balaban J connectivity index is 1.17. The van der Waals surface area contributed by atoms with Crippen molar-refractivity contribution in [3.05, 3.63) is 77.9 Å². The van der Waals surface area contributed by atoms with Crippen LogP contribution in [-0.4, -0.2) is 51.8 Å². The Hall–Kier alpha value is -4.14. The van der Waals surface area contributed by atoms with E-state index in [1.54, 1.807) is 4.57 Å². The van der Waals surface area contributed by atoms with E-state index in [0.717, 1.165) is 11.1 Å². The van der Waals surface area contributed by atoms with Crippen LogP contribution in [0.1, 0.15) is 47.3 Å². The molecule has 35 heavy (non-hydrogen) atoms. The fourth-order valence-corrected chi connectivity index (χ4v) is 4.27. The van der Waals surface area contributed by atoms with E-state index in [1.165, 1.54) is 23.7 Å². The Kier molecular flexibility index (Phi) is 7.45. The van der Waals surface area contributed by atoms with Crippen LogP contribution in [0.4, 0.5) is 4.79 Å². The van der Waals surface area contributed by atoms with Crippen LogP contribution in [0.2, 0.25) is 0 Å². The van der Waals surface area contributed by atoms with Crippen molar-refractivity contribution in [3.8, 4) is 11.1 Å². The first kappa shape index (κ1) is 24.0. The molecule has 0 spiro atoms. The van der Waals surface area contributed by atoms with Crippen molar-refractivity contribution in [2.75, 3.05) is 13.2 Å². The number of carbonyl (C=O) groups excluding carboxylic acids is 2. The topological polar surface area (TPSA) is 123 Å². The van der Waals surface area contributed by atoms with Crippen LogP contribution in [0.5, 0.6) is 0 Å². The van der Waals surface area contributed by atoms with Crippen LogP contribution in [0, 0.1) is 0 Å². The van der Waals surface area contributed by atoms with Gasteiger partial charge in [0.2, 0.25) is 5.91 Å². The van der Waals surface area contributed by atoms with Crippen molar-refractivity contribution in [3.63, 3.8) is 0 Å². The van der Waals surface area contributed by atoms with E-state index in [2.05, 4.69) is 39.9 Å². The highest BCUT2D eigenvalue weighted by atomic mass is 16.5. The number of nitrogens with one attached hydrogen (secondary N) is 2. The Bertz CT molecular complexity index is 1180. The van der Waals surface area contributed by atoms with E-state index < -0.39 is 12.1 Å². The lowest BCUT2D eigenvalue weighted by Gasteiger charge is -2.17. The molecule has 0 bridgehead atoms. The predicted octanol–water partition coefficient (Wildman–Crippen LogP) is 3.40. The fourth-order valence-electron chi connectivity index (χ4n) is 4.27. The van der Waals surface area contributed by atoms with Crippen molar-refractivity contribution in [1.29, 1.82) is 0 Å². The van der Waals surface area contributed by atoms with Gasteiger partial charge in [-0.05, 0) is 35.6 Å². The zero-order valence-electron chi connectivity index (χ0n) is 19.4. The largest absolute Gasteiger partial charge is 0.476 e. The number of carboxylic acids is 1. The smallest absolute Gasteiger partial charge is 0.407 e. The van der Waals surface area contributed by atoms with E-state index in [4.69, 9.17) is 9.84 Å². The van der Waals surface area contributed by atoms with Crippen molar-refractivity contribution in [1.82, 2.24) is 20.2 Å². The van der Waals surface area contributed by atoms with Gasteiger partial charge in [-0.25, -0.2) is 14.6 Å². The van der Waals surface area contributed by atoms with E-state index in [1.807, 2.05) is 31.2 Å². The molecule has 1 heterocycles. The molecule has 0 saturated carbocycles. The number of aromatic carboxylic acids is 1. The first-order valence-corrected chi connectivity index (χ1v) is 11.6. The highest BCUT2D eigenvalue weighted by Gasteiger charge is 2.29. The monoisotopic (exact) mass is 476 g/mol. The minimum atomic E-state index is -1.09. The summed E-state index contributed by atoms with van der Waals surface area (Å²) >= 11 is 0. The number of amides is 2. The minimum absolute atomic E-state index is 0.00342. The quantitative estimate of drug-likeness (QED) is 0.412. The highest BCUT2D eigenvalue weighted by Crippen LogP contribution is 2.44. The molecule has 1 aliphatic carbocycles. The molecule has 2 amide bonds. The van der Waals surface area contributed by atoms with Gasteiger partial charge in [0.05, 0.1) is 6.33 Å². The second-order valence-electron chi connectivity index (χ2n) is 8.56. The molecule has 2 aromatic carbocycles. The van der Waals surface area contributed by atoms with Gasteiger partial charge in [0.25, 0.3) is 0 Å². The summed E-state index contributed by atoms with van der Waals surface area (Å²) < 4.78 is 7.15. The molecule has 9 heteroatoms. The summed E-state index contributed by atoms with van der Waals surface area (Å²) in [4.78, 5) is 39.1. The molecular formula is C26H28N4O5. The Morgan fingerprint density at radius 1 is 1.09 bits per heavy atom. The average Bonchev–Trinajstić information content (AvgIpc) is 3.45. The lowest BCUT2D eigenvalue weighted by Crippen LogP contribution is -2.35. The summed E-state index contributed by atoms with van der Waals surface area (Å²) in [5.74, 6) is -1.24. The van der Waals surface area contributed by atoms with Crippen LogP contribution in [0.15, 0.2) is 61.1 Å². The number of rotatable bonds is 10. The van der Waals surface area contributed by atoms with Gasteiger partial charge in [0.1, 0.15) is 6.61 Å². The Morgan fingerprint density at radius 2 is 1.74 bits per heavy atom. The van der Waals surface area contributed by atoms with Gasteiger partial charge in [0, 0.05) is 37.7 Å². The number of hydrogen-bond acceptors (Lipinski definition) is 5. The molecule has 0 radical (unpaired) electrons. The number of nitrogens with zero attached hydrogens (tertiary/aromatic N) is 2. The summed E-state index contributed by atoms with van der Waals surface area (Å²) in [6.07, 6.45) is 3.03. The third kappa shape index (κ3) is 5.87. The standard InChI is InChI=1S/C26H28N4O5/c1-17(10-11-24(31)27-12-13-30-14-23(25(32)33)28-16-30)29-26(34)35-15-22-20-8-4-2-6-18(20)19-7-3-5-9-21(19)22/h2-9,14,16-17,22H,10-13,15H2,1H3,(H,27,31)(H,29,34)(H,32,33). The second kappa shape index (κ2) is 10.9. The molecule has 1 aromatic heterocycles. The summed E-state index contributed by atoms with van der Waals surface area (Å²) in [7, 11) is 0. The van der Waals surface area contributed by atoms with Crippen LogP contribution < -0.4 is 10.6 Å². The fraction of sp³-hybridized carbons (Fsp3) is 0.308. The van der Waals surface area contributed by atoms with Gasteiger partial charge >= 0.3 is 12.1 Å². The van der Waals surface area contributed by atoms with Gasteiger partial charge in [-0.15, -0.1) is 0 Å². The number of carboxylic acid groups (broad SMARTS) is 1. The van der Waals surface area contributed by atoms with Crippen molar-refractivity contribution in [2.24, 2.45) is 0 Å². The number of hydrogen-bond donors (Lipinski definition) is 3. The third-order valence-electron chi connectivity index (χ3n) is 6.06. The third-order valence-corrected chi connectivity index (χ3v) is 6.06. The van der Waals surface area contributed by atoms with Crippen LogP contribution in [0.25, 0.3) is 11.1 Å². The van der Waals surface area contributed by atoms with Crippen LogP contribution >= 0.6 is 0 Å². The molecule has 0 fully saturated rings. The maximum absolute atomic E-state index is 12.4. The summed E-state index contributed by atoms with van der Waals surface area (Å²) in [6.45, 7) is 2.83. The number of ether oxygens (including phenoxy) is 1. The lowest BCUT2D eigenvalue weighted by atomic mass is 9.98. The Labute approximate surface area is 203 Å². The molecule has 3 aromatic rings. The highest BCUT2D eigenvalue weighted by molar-refractivity contribution is 5.85. The summed E-state index contributed by atoms with van der Waals surface area (Å²) in [5, 5.41) is 14.5. The van der Waals surface area contributed by atoms with E-state index in [0.29, 0.717) is 19.5 Å². The zero-order valence-corrected chi connectivity index (χ0v) is 19.4. The lowest BCUT2D eigenvalue weighted by molar-refractivity contribution is -0.121. The minimum Gasteiger partial charge on any atom is -0.476 e. The van der Waals surface area contributed by atoms with Gasteiger partial charge in [0.15, 0.2) is 5.69 Å². The molecule has 4 rings (SSSR count). The maximum Gasteiger partial charge on any atom is 0.407 e. The molecular weight excluding hydrogens is 448 g/mol. The summed E-state index contributed by atoms with van der Waals surface area (Å²) in [6, 6.07) is 16.1. The second-order valence-corrected chi connectivity index (χ2v) is 8.56. The van der Waals surface area contributed by atoms with Crippen molar-refractivity contribution < 1.29 is 24.2 Å². The predicted molar refractivity (Wildman–Crippen MR) is 129 cm³/mol. The van der Waals surface area contributed by atoms with Crippen LogP contribution in [-0.2, 0) is 16.1 Å². The van der Waals surface area contributed by atoms with Crippen molar-refractivity contribution >= 4 is 18.0 Å². The van der Waals surface area contributed by atoms with E-state index in [-0.39, 0.29) is 36.6 Å². The number of benzene rings is 2. The number of aromatic nitrogens is 2. The molecule has 1 unspecified atom stereocenters. The number of alkyl carbamates (subject to hydrolysis) is 1. The molecule has 0 saturated heterocycles. The average molecular weight is 477 g/mol.